The molecule has 0 bridgehead atoms. The van der Waals surface area contributed by atoms with E-state index >= 15 is 0 Å². The second-order valence-electron chi connectivity index (χ2n) is 5.94. The van der Waals surface area contributed by atoms with Crippen LogP contribution in [0, 0.1) is 0 Å². The normalized spacial score (nSPS) is 16.0. The number of piperazine rings is 1. The van der Waals surface area contributed by atoms with Gasteiger partial charge in [0, 0.05) is 42.5 Å². The fourth-order valence-electron chi connectivity index (χ4n) is 2.93. The molecule has 1 fully saturated rings. The molecular weight excluding hydrogens is 376 g/mol. The van der Waals surface area contributed by atoms with Gasteiger partial charge in [0.1, 0.15) is 0 Å². The van der Waals surface area contributed by atoms with E-state index in [0.717, 1.165) is 11.3 Å². The first-order valence-electron chi connectivity index (χ1n) is 7.99. The summed E-state index contributed by atoms with van der Waals surface area (Å²) in [5.74, 6) is 0.505. The molecule has 3 rings (SSSR count). The molecule has 0 aliphatic carbocycles. The third-order valence-electron chi connectivity index (χ3n) is 4.31. The Morgan fingerprint density at radius 2 is 1.58 bits per heavy atom. The number of sulfonamides is 1. The number of halogens is 1. The first-order chi connectivity index (χ1) is 12.4. The van der Waals surface area contributed by atoms with Crippen molar-refractivity contribution in [3.05, 3.63) is 59.1 Å². The number of benzene rings is 2. The number of amidine groups is 1. The number of hydrogen-bond acceptors (Lipinski definition) is 5. The third-order valence-corrected chi connectivity index (χ3v) is 5.49. The van der Waals surface area contributed by atoms with Crippen LogP contribution in [0.15, 0.2) is 58.6 Å². The van der Waals surface area contributed by atoms with E-state index in [1.165, 1.54) is 12.1 Å². The molecule has 0 saturated carbocycles. The van der Waals surface area contributed by atoms with E-state index in [4.69, 9.17) is 16.7 Å². The van der Waals surface area contributed by atoms with Gasteiger partial charge in [0.15, 0.2) is 5.84 Å². The fourth-order valence-corrected chi connectivity index (χ4v) is 3.57. The topological polar surface area (TPSA) is 99.2 Å². The molecule has 0 atom stereocenters. The van der Waals surface area contributed by atoms with Gasteiger partial charge in [-0.25, -0.2) is 13.6 Å². The molecule has 1 aliphatic heterocycles. The standard InChI is InChI=1S/C17H19ClN4O3S/c18-14-3-1-13(2-4-14)17(20-23)22-11-9-21(10-12-22)15-5-7-16(8-6-15)26(19,24)25/h1-8,23H,9-12H2,(H2,19,24,25)/b20-17+. The van der Waals surface area contributed by atoms with E-state index in [1.54, 1.807) is 24.3 Å². The second kappa shape index (κ2) is 7.53. The zero-order valence-corrected chi connectivity index (χ0v) is 15.5. The Morgan fingerprint density at radius 3 is 2.08 bits per heavy atom. The van der Waals surface area contributed by atoms with Crippen LogP contribution in [0.1, 0.15) is 5.56 Å². The smallest absolute Gasteiger partial charge is 0.238 e. The predicted octanol–water partition coefficient (Wildman–Crippen LogP) is 1.95. The van der Waals surface area contributed by atoms with E-state index in [9.17, 15) is 13.6 Å². The largest absolute Gasteiger partial charge is 0.409 e. The van der Waals surface area contributed by atoms with E-state index in [2.05, 4.69) is 10.1 Å². The molecule has 138 valence electrons. The van der Waals surface area contributed by atoms with Gasteiger partial charge in [-0.05, 0) is 48.5 Å². The summed E-state index contributed by atoms with van der Waals surface area (Å²) < 4.78 is 22.7. The molecule has 0 unspecified atom stereocenters. The summed E-state index contributed by atoms with van der Waals surface area (Å²) in [5.41, 5.74) is 1.72. The minimum atomic E-state index is -3.69. The highest BCUT2D eigenvalue weighted by atomic mass is 35.5. The van der Waals surface area contributed by atoms with E-state index < -0.39 is 10.0 Å². The second-order valence-corrected chi connectivity index (χ2v) is 7.94. The molecule has 2 aromatic carbocycles. The van der Waals surface area contributed by atoms with Crippen molar-refractivity contribution in [2.75, 3.05) is 31.1 Å². The minimum absolute atomic E-state index is 0.0947. The molecule has 26 heavy (non-hydrogen) atoms. The van der Waals surface area contributed by atoms with Crippen molar-refractivity contribution in [3.8, 4) is 0 Å². The lowest BCUT2D eigenvalue weighted by Gasteiger charge is -2.37. The van der Waals surface area contributed by atoms with Crippen LogP contribution in [-0.2, 0) is 10.0 Å². The summed E-state index contributed by atoms with van der Waals surface area (Å²) >= 11 is 5.90. The minimum Gasteiger partial charge on any atom is -0.409 e. The van der Waals surface area contributed by atoms with Crippen LogP contribution in [0.4, 0.5) is 5.69 Å². The molecule has 0 radical (unpaired) electrons. The molecule has 1 heterocycles. The zero-order chi connectivity index (χ0) is 18.7. The summed E-state index contributed by atoms with van der Waals surface area (Å²) in [5, 5.41) is 18.6. The van der Waals surface area contributed by atoms with Gasteiger partial charge in [0.05, 0.1) is 4.90 Å². The number of oxime groups is 1. The summed E-state index contributed by atoms with van der Waals surface area (Å²) in [4.78, 5) is 4.23. The van der Waals surface area contributed by atoms with Crippen molar-refractivity contribution < 1.29 is 13.6 Å². The molecule has 0 spiro atoms. The summed E-state index contributed by atoms with van der Waals surface area (Å²) in [6.45, 7) is 2.75. The van der Waals surface area contributed by atoms with E-state index in [1.807, 2.05) is 17.0 Å². The number of nitrogens with two attached hydrogens (primary N) is 1. The summed E-state index contributed by atoms with van der Waals surface area (Å²) in [6, 6.07) is 13.6. The third kappa shape index (κ3) is 4.09. The molecule has 0 amide bonds. The van der Waals surface area contributed by atoms with Gasteiger partial charge in [-0.1, -0.05) is 16.8 Å². The zero-order valence-electron chi connectivity index (χ0n) is 13.9. The molecule has 9 heteroatoms. The maximum Gasteiger partial charge on any atom is 0.238 e. The molecular formula is C17H19ClN4O3S. The maximum atomic E-state index is 11.3. The van der Waals surface area contributed by atoms with E-state index in [-0.39, 0.29) is 4.90 Å². The summed E-state index contributed by atoms with van der Waals surface area (Å²) in [6.07, 6.45) is 0. The van der Waals surface area contributed by atoms with Crippen molar-refractivity contribution in [2.24, 2.45) is 10.3 Å². The number of anilines is 1. The van der Waals surface area contributed by atoms with Crippen LogP contribution < -0.4 is 10.0 Å². The number of hydrogen-bond donors (Lipinski definition) is 2. The lowest BCUT2D eigenvalue weighted by molar-refractivity contribution is 0.296. The van der Waals surface area contributed by atoms with Crippen LogP contribution in [-0.4, -0.2) is 50.5 Å². The highest BCUT2D eigenvalue weighted by Gasteiger charge is 2.22. The molecule has 7 nitrogen and oxygen atoms in total. The Kier molecular flexibility index (Phi) is 5.36. The SMILES string of the molecule is NS(=O)(=O)c1ccc(N2CCN(/C(=N/O)c3ccc(Cl)cc3)CC2)cc1. The Balaban J connectivity index is 1.67. The summed E-state index contributed by atoms with van der Waals surface area (Å²) in [7, 11) is -3.69. The molecule has 3 N–H and O–H groups in total. The first-order valence-corrected chi connectivity index (χ1v) is 9.91. The molecule has 0 aromatic heterocycles. The maximum absolute atomic E-state index is 11.3. The van der Waals surface area contributed by atoms with Gasteiger partial charge in [-0.3, -0.25) is 0 Å². The first kappa shape index (κ1) is 18.5. The van der Waals surface area contributed by atoms with Crippen molar-refractivity contribution in [3.63, 3.8) is 0 Å². The Hall–Kier alpha value is -2.29. The Morgan fingerprint density at radius 1 is 1.00 bits per heavy atom. The average Bonchev–Trinajstić information content (AvgIpc) is 2.64. The molecule has 1 aliphatic rings. The van der Waals surface area contributed by atoms with Crippen molar-refractivity contribution in [1.82, 2.24) is 4.90 Å². The highest BCUT2D eigenvalue weighted by molar-refractivity contribution is 7.89. The van der Waals surface area contributed by atoms with Gasteiger partial charge in [0.2, 0.25) is 10.0 Å². The average molecular weight is 395 g/mol. The number of nitrogens with zero attached hydrogens (tertiary/aromatic N) is 3. The number of primary sulfonamides is 1. The Labute approximate surface area is 157 Å². The number of rotatable bonds is 3. The van der Waals surface area contributed by atoms with Gasteiger partial charge >= 0.3 is 0 Å². The van der Waals surface area contributed by atoms with Crippen molar-refractivity contribution in [1.29, 1.82) is 0 Å². The monoisotopic (exact) mass is 394 g/mol. The van der Waals surface area contributed by atoms with Gasteiger partial charge in [0.25, 0.3) is 0 Å². The van der Waals surface area contributed by atoms with Crippen molar-refractivity contribution in [2.45, 2.75) is 4.90 Å². The van der Waals surface area contributed by atoms with Crippen LogP contribution in [0.3, 0.4) is 0 Å². The van der Waals surface area contributed by atoms with Gasteiger partial charge in [-0.2, -0.15) is 0 Å². The van der Waals surface area contributed by atoms with Crippen LogP contribution in [0.5, 0.6) is 0 Å². The highest BCUT2D eigenvalue weighted by Crippen LogP contribution is 2.20. The van der Waals surface area contributed by atoms with Crippen molar-refractivity contribution >= 4 is 33.1 Å². The van der Waals surface area contributed by atoms with E-state index in [0.29, 0.717) is 37.0 Å². The lowest BCUT2D eigenvalue weighted by Crippen LogP contribution is -2.49. The quantitative estimate of drug-likeness (QED) is 0.359. The van der Waals surface area contributed by atoms with Gasteiger partial charge < -0.3 is 15.0 Å². The molecule has 2 aromatic rings. The van der Waals surface area contributed by atoms with Crippen LogP contribution in [0.25, 0.3) is 0 Å². The molecule has 1 saturated heterocycles. The van der Waals surface area contributed by atoms with Crippen LogP contribution in [0.2, 0.25) is 5.02 Å². The lowest BCUT2D eigenvalue weighted by atomic mass is 10.1. The van der Waals surface area contributed by atoms with Crippen LogP contribution >= 0.6 is 11.6 Å². The van der Waals surface area contributed by atoms with Gasteiger partial charge in [-0.15, -0.1) is 0 Å². The Bertz CT molecular complexity index is 891. The fraction of sp³-hybridized carbons (Fsp3) is 0.235. The predicted molar refractivity (Wildman–Crippen MR) is 101 cm³/mol.